The first-order valence-corrected chi connectivity index (χ1v) is 14.0. The molecule has 2 aliphatic rings. The minimum absolute atomic E-state index is 0.121. The average Bonchev–Trinajstić information content (AvgIpc) is 2.96. The Bertz CT molecular complexity index is 1260. The lowest BCUT2D eigenvalue weighted by Gasteiger charge is -2.38. The van der Waals surface area contributed by atoms with Crippen LogP contribution in [0.3, 0.4) is 0 Å². The molecule has 11 heteroatoms. The number of fused-ring (bicyclic) bond motifs is 1. The van der Waals surface area contributed by atoms with E-state index in [4.69, 9.17) is 4.74 Å². The summed E-state index contributed by atoms with van der Waals surface area (Å²) in [6.07, 6.45) is 3.03. The van der Waals surface area contributed by atoms with Crippen LogP contribution in [0.1, 0.15) is 60.9 Å². The van der Waals surface area contributed by atoms with Gasteiger partial charge < -0.3 is 31.1 Å². The van der Waals surface area contributed by atoms with Crippen molar-refractivity contribution in [3.8, 4) is 5.75 Å². The minimum atomic E-state index is -1.53. The molecule has 0 unspecified atom stereocenters. The highest BCUT2D eigenvalue weighted by Crippen LogP contribution is 2.29. The first-order valence-electron chi connectivity index (χ1n) is 14.0. The van der Waals surface area contributed by atoms with E-state index in [0.29, 0.717) is 32.1 Å². The quantitative estimate of drug-likeness (QED) is 0.379. The van der Waals surface area contributed by atoms with Crippen LogP contribution in [0.15, 0.2) is 54.6 Å². The summed E-state index contributed by atoms with van der Waals surface area (Å²) in [4.78, 5) is 65.2. The van der Waals surface area contributed by atoms with E-state index in [1.807, 2.05) is 30.3 Å². The molecule has 41 heavy (non-hydrogen) atoms. The Morgan fingerprint density at radius 3 is 2.34 bits per heavy atom. The summed E-state index contributed by atoms with van der Waals surface area (Å²) >= 11 is 0. The smallest absolute Gasteiger partial charge is 0.326 e. The number of carbonyl (C=O) groups excluding carboxylic acids is 4. The Labute approximate surface area is 238 Å². The van der Waals surface area contributed by atoms with Gasteiger partial charge in [0, 0.05) is 13.0 Å². The number of ether oxygens (including phenoxy) is 1. The first-order chi connectivity index (χ1) is 19.8. The zero-order valence-electron chi connectivity index (χ0n) is 22.8. The lowest BCUT2D eigenvalue weighted by molar-refractivity contribution is -0.142. The van der Waals surface area contributed by atoms with Crippen molar-refractivity contribution in [1.82, 2.24) is 21.3 Å². The molecule has 1 fully saturated rings. The highest BCUT2D eigenvalue weighted by atomic mass is 16.5. The van der Waals surface area contributed by atoms with Gasteiger partial charge in [-0.3, -0.25) is 19.2 Å². The van der Waals surface area contributed by atoms with Gasteiger partial charge in [0.2, 0.25) is 17.7 Å². The van der Waals surface area contributed by atoms with E-state index < -0.39 is 47.7 Å². The highest BCUT2D eigenvalue weighted by Gasteiger charge is 2.43. The van der Waals surface area contributed by atoms with Crippen LogP contribution in [-0.4, -0.2) is 65.5 Å². The first kappa shape index (κ1) is 29.6. The van der Waals surface area contributed by atoms with E-state index >= 15 is 0 Å². The van der Waals surface area contributed by atoms with E-state index in [9.17, 15) is 29.1 Å². The number of nitrogens with one attached hydrogen (secondary N) is 4. The largest absolute Gasteiger partial charge is 0.493 e. The highest BCUT2D eigenvalue weighted by molar-refractivity contribution is 6.00. The van der Waals surface area contributed by atoms with Crippen LogP contribution in [0.5, 0.6) is 5.75 Å². The minimum Gasteiger partial charge on any atom is -0.493 e. The normalized spacial score (nSPS) is 22.4. The van der Waals surface area contributed by atoms with Crippen LogP contribution in [-0.2, 0) is 25.6 Å². The van der Waals surface area contributed by atoms with Crippen molar-refractivity contribution in [3.63, 3.8) is 0 Å². The predicted octanol–water partition coefficient (Wildman–Crippen LogP) is 1.71. The maximum Gasteiger partial charge on any atom is 0.326 e. The van der Waals surface area contributed by atoms with Crippen molar-refractivity contribution in [2.45, 2.75) is 69.0 Å². The van der Waals surface area contributed by atoms with Gasteiger partial charge in [0.05, 0.1) is 18.6 Å². The lowest BCUT2D eigenvalue weighted by atomic mass is 9.80. The van der Waals surface area contributed by atoms with Gasteiger partial charge in [0.1, 0.15) is 23.4 Å². The predicted molar refractivity (Wildman–Crippen MR) is 149 cm³/mol. The molecule has 5 N–H and O–H groups in total. The number of hydrogen-bond donors (Lipinski definition) is 5. The number of benzene rings is 2. The van der Waals surface area contributed by atoms with E-state index in [0.717, 1.165) is 12.0 Å². The van der Waals surface area contributed by atoms with Gasteiger partial charge in [-0.15, -0.1) is 0 Å². The number of carboxylic acids is 1. The Morgan fingerprint density at radius 1 is 0.902 bits per heavy atom. The monoisotopic (exact) mass is 564 g/mol. The third kappa shape index (κ3) is 7.84. The van der Waals surface area contributed by atoms with Gasteiger partial charge in [-0.1, -0.05) is 61.7 Å². The average molecular weight is 565 g/mol. The third-order valence-corrected chi connectivity index (χ3v) is 7.43. The van der Waals surface area contributed by atoms with Gasteiger partial charge in [0.25, 0.3) is 5.91 Å². The summed E-state index contributed by atoms with van der Waals surface area (Å²) in [6, 6.07) is 13.3. The Balaban J connectivity index is 1.63. The molecule has 4 amide bonds. The topological polar surface area (TPSA) is 163 Å². The van der Waals surface area contributed by atoms with E-state index in [-0.39, 0.29) is 36.8 Å². The second kappa shape index (κ2) is 13.8. The van der Waals surface area contributed by atoms with Crippen molar-refractivity contribution in [2.75, 3.05) is 13.2 Å². The summed E-state index contributed by atoms with van der Waals surface area (Å²) in [5.74, 6) is -3.39. The number of rotatable bonds is 3. The maximum atomic E-state index is 13.8. The van der Waals surface area contributed by atoms with Crippen LogP contribution in [0.4, 0.5) is 0 Å². The standard InChI is InChI=1S/C30H36N4O7/c35-25-19-23(28(38)39)32-26(36)21-12-5-6-13-24(21)41-17-9-16-31-27(37)22(18-20-10-3-1-4-11-20)33-29(40)30(34-25)14-7-2-8-15-30/h1,3-6,10-13,22-23H,2,7-9,14-19H2,(H,31,37)(H,32,36)(H,33,40)(H,34,35)(H,38,39)/t22-,23-/m0/s1. The fraction of sp³-hybridized carbons (Fsp3) is 0.433. The third-order valence-electron chi connectivity index (χ3n) is 7.43. The van der Waals surface area contributed by atoms with Crippen LogP contribution in [0, 0.1) is 0 Å². The molecule has 1 spiro atoms. The van der Waals surface area contributed by atoms with Crippen molar-refractivity contribution in [1.29, 1.82) is 0 Å². The Kier molecular flexibility index (Phi) is 9.94. The molecule has 1 saturated carbocycles. The molecule has 0 aromatic heterocycles. The molecule has 2 atom stereocenters. The van der Waals surface area contributed by atoms with Gasteiger partial charge >= 0.3 is 5.97 Å². The second-order valence-corrected chi connectivity index (χ2v) is 10.5. The summed E-state index contributed by atoms with van der Waals surface area (Å²) < 4.78 is 5.76. The molecule has 2 aromatic rings. The summed E-state index contributed by atoms with van der Waals surface area (Å²) in [5.41, 5.74) is -0.323. The number of carboxylic acid groups (broad SMARTS) is 1. The lowest BCUT2D eigenvalue weighted by Crippen LogP contribution is -2.63. The summed E-state index contributed by atoms with van der Waals surface area (Å²) in [7, 11) is 0. The fourth-order valence-corrected chi connectivity index (χ4v) is 5.23. The molecule has 0 radical (unpaired) electrons. The van der Waals surface area contributed by atoms with Crippen molar-refractivity contribution < 1.29 is 33.8 Å². The number of aliphatic carboxylic acids is 1. The van der Waals surface area contributed by atoms with E-state index in [1.165, 1.54) is 6.07 Å². The second-order valence-electron chi connectivity index (χ2n) is 10.5. The van der Waals surface area contributed by atoms with Gasteiger partial charge in [0.15, 0.2) is 0 Å². The van der Waals surface area contributed by atoms with E-state index in [1.54, 1.807) is 18.2 Å². The number of carbonyl (C=O) groups is 5. The fourth-order valence-electron chi connectivity index (χ4n) is 5.23. The van der Waals surface area contributed by atoms with Crippen molar-refractivity contribution in [3.05, 3.63) is 65.7 Å². The molecule has 11 nitrogen and oxygen atoms in total. The number of para-hydroxylation sites is 1. The van der Waals surface area contributed by atoms with Crippen LogP contribution in [0.2, 0.25) is 0 Å². The summed E-state index contributed by atoms with van der Waals surface area (Å²) in [5, 5.41) is 20.7. The zero-order chi connectivity index (χ0) is 29.2. The molecule has 0 saturated heterocycles. The molecule has 1 aliphatic carbocycles. The van der Waals surface area contributed by atoms with E-state index in [2.05, 4.69) is 21.3 Å². The number of hydrogen-bond acceptors (Lipinski definition) is 6. The van der Waals surface area contributed by atoms with Gasteiger partial charge in [-0.25, -0.2) is 4.79 Å². The molecular formula is C30H36N4O7. The van der Waals surface area contributed by atoms with Crippen LogP contribution >= 0.6 is 0 Å². The Hall–Kier alpha value is -4.41. The molecular weight excluding hydrogens is 528 g/mol. The molecule has 1 heterocycles. The SMILES string of the molecule is O=C1C[C@@H](C(=O)O)NC(=O)c2ccccc2OCCCNC(=O)[C@H](Cc2ccccc2)NC(=O)C2(CCCCC2)N1. The van der Waals surface area contributed by atoms with Crippen LogP contribution in [0.25, 0.3) is 0 Å². The van der Waals surface area contributed by atoms with Crippen LogP contribution < -0.4 is 26.0 Å². The molecule has 4 rings (SSSR count). The van der Waals surface area contributed by atoms with Crippen molar-refractivity contribution in [2.24, 2.45) is 0 Å². The molecule has 0 bridgehead atoms. The zero-order valence-corrected chi connectivity index (χ0v) is 22.8. The number of amides is 4. The van der Waals surface area contributed by atoms with Gasteiger partial charge in [-0.05, 0) is 37.0 Å². The molecule has 1 aliphatic heterocycles. The van der Waals surface area contributed by atoms with Gasteiger partial charge in [-0.2, -0.15) is 0 Å². The summed E-state index contributed by atoms with van der Waals surface area (Å²) in [6.45, 7) is 0.436. The Morgan fingerprint density at radius 2 is 1.61 bits per heavy atom. The van der Waals surface area contributed by atoms with Crippen molar-refractivity contribution >= 4 is 29.6 Å². The maximum absolute atomic E-state index is 13.8. The molecule has 2 aromatic carbocycles. The molecule has 218 valence electrons.